The second-order valence-electron chi connectivity index (χ2n) is 3.88. The Morgan fingerprint density at radius 3 is 3.17 bits per heavy atom. The van der Waals surface area contributed by atoms with Crippen LogP contribution >= 0.6 is 27.3 Å². The zero-order chi connectivity index (χ0) is 12.8. The van der Waals surface area contributed by atoms with E-state index in [0.29, 0.717) is 0 Å². The number of nitrogens with one attached hydrogen (secondary N) is 1. The van der Waals surface area contributed by atoms with Gasteiger partial charge < -0.3 is 10.1 Å². The molecule has 0 fully saturated rings. The Labute approximate surface area is 119 Å². The molecular formula is C12H16BrN3OS. The van der Waals surface area contributed by atoms with Crippen LogP contribution in [0, 0.1) is 0 Å². The Balaban J connectivity index is 1.91. The summed E-state index contributed by atoms with van der Waals surface area (Å²) in [5, 5.41) is 9.78. The van der Waals surface area contributed by atoms with E-state index in [2.05, 4.69) is 37.8 Å². The number of nitrogens with zero attached hydrogens (tertiary/aromatic N) is 2. The quantitative estimate of drug-likeness (QED) is 0.793. The maximum Gasteiger partial charge on any atom is 0.0756 e. The molecule has 0 unspecified atom stereocenters. The normalized spacial score (nSPS) is 11.0. The van der Waals surface area contributed by atoms with Crippen molar-refractivity contribution in [3.05, 3.63) is 38.8 Å². The summed E-state index contributed by atoms with van der Waals surface area (Å²) in [7, 11) is 1.71. The standard InChI is InChI=1S/C12H16BrN3OS/c1-17-5-4-14-7-11-2-3-15-16(11)8-12-6-10(13)9-18-12/h2-3,6,9,14H,4-5,7-8H2,1H3. The number of rotatable bonds is 7. The van der Waals surface area contributed by atoms with Crippen molar-refractivity contribution in [1.82, 2.24) is 15.1 Å². The average molecular weight is 330 g/mol. The zero-order valence-corrected chi connectivity index (χ0v) is 12.6. The van der Waals surface area contributed by atoms with Crippen molar-refractivity contribution >= 4 is 27.3 Å². The van der Waals surface area contributed by atoms with Gasteiger partial charge in [-0.05, 0) is 28.1 Å². The number of halogens is 1. The molecule has 98 valence electrons. The summed E-state index contributed by atoms with van der Waals surface area (Å²) in [5.74, 6) is 0. The van der Waals surface area contributed by atoms with Crippen molar-refractivity contribution in [3.8, 4) is 0 Å². The lowest BCUT2D eigenvalue weighted by Crippen LogP contribution is -2.20. The van der Waals surface area contributed by atoms with Crippen molar-refractivity contribution < 1.29 is 4.74 Å². The molecule has 0 bridgehead atoms. The summed E-state index contributed by atoms with van der Waals surface area (Å²) in [6, 6.07) is 4.18. The third-order valence-corrected chi connectivity index (χ3v) is 4.20. The van der Waals surface area contributed by atoms with E-state index < -0.39 is 0 Å². The van der Waals surface area contributed by atoms with E-state index in [4.69, 9.17) is 4.74 Å². The van der Waals surface area contributed by atoms with Gasteiger partial charge in [0, 0.05) is 41.1 Å². The van der Waals surface area contributed by atoms with Crippen molar-refractivity contribution in [2.45, 2.75) is 13.1 Å². The van der Waals surface area contributed by atoms with Crippen LogP contribution in [0.2, 0.25) is 0 Å². The average Bonchev–Trinajstić information content (AvgIpc) is 2.95. The van der Waals surface area contributed by atoms with Crippen LogP contribution in [0.3, 0.4) is 0 Å². The van der Waals surface area contributed by atoms with Crippen LogP contribution in [0.5, 0.6) is 0 Å². The SMILES string of the molecule is COCCNCc1ccnn1Cc1cc(Br)cs1. The number of ether oxygens (including phenoxy) is 1. The maximum atomic E-state index is 5.00. The molecule has 0 radical (unpaired) electrons. The molecule has 2 aromatic heterocycles. The predicted octanol–water partition coefficient (Wildman–Crippen LogP) is 2.49. The summed E-state index contributed by atoms with van der Waals surface area (Å²) in [5.41, 5.74) is 1.19. The Bertz CT molecular complexity index is 483. The van der Waals surface area contributed by atoms with E-state index in [-0.39, 0.29) is 0 Å². The lowest BCUT2D eigenvalue weighted by atomic mass is 10.4. The fourth-order valence-electron chi connectivity index (χ4n) is 1.63. The largest absolute Gasteiger partial charge is 0.383 e. The van der Waals surface area contributed by atoms with Gasteiger partial charge in [0.25, 0.3) is 0 Å². The van der Waals surface area contributed by atoms with E-state index in [1.54, 1.807) is 18.4 Å². The third kappa shape index (κ3) is 3.91. The minimum Gasteiger partial charge on any atom is -0.383 e. The van der Waals surface area contributed by atoms with E-state index >= 15 is 0 Å². The first-order chi connectivity index (χ1) is 8.79. The first kappa shape index (κ1) is 13.7. The molecule has 0 atom stereocenters. The summed E-state index contributed by atoms with van der Waals surface area (Å²) in [6.45, 7) is 3.22. The smallest absolute Gasteiger partial charge is 0.0756 e. The Morgan fingerprint density at radius 2 is 2.44 bits per heavy atom. The second kappa shape index (κ2) is 7.04. The van der Waals surface area contributed by atoms with Crippen molar-refractivity contribution in [3.63, 3.8) is 0 Å². The van der Waals surface area contributed by atoms with Crippen LogP contribution in [0.1, 0.15) is 10.6 Å². The molecule has 0 spiro atoms. The fraction of sp³-hybridized carbons (Fsp3) is 0.417. The van der Waals surface area contributed by atoms with Crippen molar-refractivity contribution in [1.29, 1.82) is 0 Å². The molecule has 2 aromatic rings. The molecule has 4 nitrogen and oxygen atoms in total. The van der Waals surface area contributed by atoms with Gasteiger partial charge in [0.05, 0.1) is 18.8 Å². The van der Waals surface area contributed by atoms with Gasteiger partial charge in [0.15, 0.2) is 0 Å². The monoisotopic (exact) mass is 329 g/mol. The van der Waals surface area contributed by atoms with Crippen LogP contribution < -0.4 is 5.32 Å². The van der Waals surface area contributed by atoms with E-state index in [0.717, 1.165) is 30.7 Å². The first-order valence-electron chi connectivity index (χ1n) is 5.73. The number of thiophene rings is 1. The lowest BCUT2D eigenvalue weighted by molar-refractivity contribution is 0.199. The molecule has 2 rings (SSSR count). The fourth-order valence-corrected chi connectivity index (χ4v) is 3.06. The summed E-state index contributed by atoms with van der Waals surface area (Å²) < 4.78 is 8.16. The summed E-state index contributed by atoms with van der Waals surface area (Å²) in [4.78, 5) is 1.30. The molecule has 0 aliphatic rings. The maximum absolute atomic E-state index is 5.00. The topological polar surface area (TPSA) is 39.1 Å². The third-order valence-electron chi connectivity index (χ3n) is 2.52. The van der Waals surface area contributed by atoms with Gasteiger partial charge in [-0.15, -0.1) is 11.3 Å². The molecule has 0 aromatic carbocycles. The molecule has 6 heteroatoms. The highest BCUT2D eigenvalue weighted by atomic mass is 79.9. The molecule has 2 heterocycles. The first-order valence-corrected chi connectivity index (χ1v) is 7.40. The van der Waals surface area contributed by atoms with Crippen molar-refractivity contribution in [2.75, 3.05) is 20.3 Å². The van der Waals surface area contributed by atoms with Gasteiger partial charge >= 0.3 is 0 Å². The Hall–Kier alpha value is -0.690. The summed E-state index contributed by atoms with van der Waals surface area (Å²) in [6.07, 6.45) is 1.84. The van der Waals surface area contributed by atoms with Gasteiger partial charge in [-0.1, -0.05) is 0 Å². The molecular weight excluding hydrogens is 314 g/mol. The highest BCUT2D eigenvalue weighted by Crippen LogP contribution is 2.20. The highest BCUT2D eigenvalue weighted by molar-refractivity contribution is 9.10. The molecule has 0 aliphatic heterocycles. The summed E-state index contributed by atoms with van der Waals surface area (Å²) >= 11 is 5.21. The number of methoxy groups -OCH3 is 1. The predicted molar refractivity (Wildman–Crippen MR) is 76.9 cm³/mol. The van der Waals surface area contributed by atoms with Gasteiger partial charge in [0.1, 0.15) is 0 Å². The molecule has 0 aliphatic carbocycles. The van der Waals surface area contributed by atoms with Crippen LogP contribution in [0.4, 0.5) is 0 Å². The second-order valence-corrected chi connectivity index (χ2v) is 5.79. The molecule has 0 saturated heterocycles. The van der Waals surface area contributed by atoms with Crippen molar-refractivity contribution in [2.24, 2.45) is 0 Å². The zero-order valence-electron chi connectivity index (χ0n) is 10.2. The Kier molecular flexibility index (Phi) is 5.37. The van der Waals surface area contributed by atoms with E-state index in [1.807, 2.05) is 16.9 Å². The molecule has 0 amide bonds. The molecule has 1 N–H and O–H groups in total. The minimum absolute atomic E-state index is 0.728. The number of hydrogen-bond donors (Lipinski definition) is 1. The van der Waals surface area contributed by atoms with Crippen LogP contribution in [-0.4, -0.2) is 30.0 Å². The number of hydrogen-bond acceptors (Lipinski definition) is 4. The minimum atomic E-state index is 0.728. The van der Waals surface area contributed by atoms with Crippen LogP contribution in [-0.2, 0) is 17.8 Å². The molecule has 0 saturated carbocycles. The Morgan fingerprint density at radius 1 is 1.56 bits per heavy atom. The van der Waals surface area contributed by atoms with E-state index in [1.165, 1.54) is 10.6 Å². The highest BCUT2D eigenvalue weighted by Gasteiger charge is 2.04. The van der Waals surface area contributed by atoms with Crippen LogP contribution in [0.15, 0.2) is 28.2 Å². The van der Waals surface area contributed by atoms with Gasteiger partial charge in [-0.2, -0.15) is 5.10 Å². The van der Waals surface area contributed by atoms with Gasteiger partial charge in [-0.3, -0.25) is 4.68 Å². The molecule has 18 heavy (non-hydrogen) atoms. The lowest BCUT2D eigenvalue weighted by Gasteiger charge is -2.07. The van der Waals surface area contributed by atoms with Gasteiger partial charge in [0.2, 0.25) is 0 Å². The van der Waals surface area contributed by atoms with Crippen LogP contribution in [0.25, 0.3) is 0 Å². The van der Waals surface area contributed by atoms with Gasteiger partial charge in [-0.25, -0.2) is 0 Å². The van der Waals surface area contributed by atoms with E-state index in [9.17, 15) is 0 Å². The number of aromatic nitrogens is 2.